The highest BCUT2D eigenvalue weighted by molar-refractivity contribution is 5.50. The van der Waals surface area contributed by atoms with Crippen LogP contribution in [-0.2, 0) is 0 Å². The molecule has 2 atom stereocenters. The van der Waals surface area contributed by atoms with Crippen molar-refractivity contribution in [2.45, 2.75) is 32.3 Å². The first-order valence-corrected chi connectivity index (χ1v) is 7.03. The van der Waals surface area contributed by atoms with Crippen molar-refractivity contribution in [2.75, 3.05) is 6.61 Å². The van der Waals surface area contributed by atoms with Crippen molar-refractivity contribution in [3.63, 3.8) is 0 Å². The number of hydrogen-bond donors (Lipinski definition) is 1. The monoisotopic (exact) mass is 270 g/mol. The number of fused-ring (bicyclic) bond motifs is 5. The zero-order valence-electron chi connectivity index (χ0n) is 11.9. The fourth-order valence-corrected chi connectivity index (χ4v) is 3.50. The molecule has 2 unspecified atom stereocenters. The Bertz CT molecular complexity index is 675. The predicted molar refractivity (Wildman–Crippen MR) is 75.3 cm³/mol. The summed E-state index contributed by atoms with van der Waals surface area (Å²) in [5.74, 6) is 2.31. The number of hydrogen-bond acceptors (Lipinski definition) is 3. The lowest BCUT2D eigenvalue weighted by Crippen LogP contribution is -2.49. The van der Waals surface area contributed by atoms with Gasteiger partial charge in [-0.15, -0.1) is 5.10 Å². The summed E-state index contributed by atoms with van der Waals surface area (Å²) >= 11 is 0. The minimum Gasteiger partial charge on any atom is -0.493 e. The van der Waals surface area contributed by atoms with Gasteiger partial charge in [0.1, 0.15) is 11.4 Å². The summed E-state index contributed by atoms with van der Waals surface area (Å²) in [6.07, 6.45) is 0. The van der Waals surface area contributed by atoms with Crippen LogP contribution in [-0.4, -0.2) is 22.4 Å². The molecular formula is C16H18N2O2. The van der Waals surface area contributed by atoms with Gasteiger partial charge in [-0.25, -0.2) is 0 Å². The van der Waals surface area contributed by atoms with Crippen LogP contribution >= 0.6 is 0 Å². The molecule has 1 aromatic carbocycles. The molecule has 0 fully saturated rings. The Morgan fingerprint density at radius 2 is 2.10 bits per heavy atom. The number of aryl methyl sites for hydroxylation is 1. The van der Waals surface area contributed by atoms with E-state index in [4.69, 9.17) is 9.47 Å². The van der Waals surface area contributed by atoms with Gasteiger partial charge < -0.3 is 9.47 Å². The van der Waals surface area contributed by atoms with Crippen LogP contribution in [0.4, 0.5) is 0 Å². The van der Waals surface area contributed by atoms with Crippen molar-refractivity contribution in [3.8, 4) is 11.6 Å². The van der Waals surface area contributed by atoms with Gasteiger partial charge in [0.25, 0.3) is 0 Å². The molecule has 1 N–H and O–H groups in total. The predicted octanol–water partition coefficient (Wildman–Crippen LogP) is 3.03. The van der Waals surface area contributed by atoms with Crippen molar-refractivity contribution < 1.29 is 9.47 Å². The van der Waals surface area contributed by atoms with Gasteiger partial charge in [0, 0.05) is 28.7 Å². The third-order valence-corrected chi connectivity index (χ3v) is 4.60. The van der Waals surface area contributed by atoms with Crippen molar-refractivity contribution >= 4 is 0 Å². The molecule has 0 saturated carbocycles. The van der Waals surface area contributed by atoms with E-state index in [2.05, 4.69) is 43.1 Å². The Morgan fingerprint density at radius 3 is 2.95 bits per heavy atom. The van der Waals surface area contributed by atoms with E-state index in [1.807, 2.05) is 12.1 Å². The number of para-hydroxylation sites is 1. The standard InChI is InChI=1S/C16H18N2O2/c1-9-13-14-10-6-4-5-7-12(10)19-8-11(14)16(2,3)20-15(13)18-17-9/h4-7,11,14H,8H2,1-3H3,(H,17,18). The summed E-state index contributed by atoms with van der Waals surface area (Å²) in [4.78, 5) is 0. The lowest BCUT2D eigenvalue weighted by atomic mass is 9.70. The zero-order chi connectivity index (χ0) is 13.9. The van der Waals surface area contributed by atoms with E-state index in [1.165, 1.54) is 11.1 Å². The summed E-state index contributed by atoms with van der Waals surface area (Å²) in [5.41, 5.74) is 3.23. The molecule has 2 aromatic rings. The van der Waals surface area contributed by atoms with E-state index >= 15 is 0 Å². The van der Waals surface area contributed by atoms with Gasteiger partial charge in [-0.1, -0.05) is 18.2 Å². The molecule has 0 saturated heterocycles. The molecule has 0 aliphatic carbocycles. The SMILES string of the molecule is Cc1[nH]nc2c1C1c3ccccc3OCC1C(C)(C)O2. The van der Waals surface area contributed by atoms with Crippen molar-refractivity contribution in [3.05, 3.63) is 41.1 Å². The first-order valence-electron chi connectivity index (χ1n) is 7.03. The van der Waals surface area contributed by atoms with E-state index in [0.29, 0.717) is 12.5 Å². The van der Waals surface area contributed by atoms with Gasteiger partial charge in [0.2, 0.25) is 5.88 Å². The molecule has 0 amide bonds. The van der Waals surface area contributed by atoms with Gasteiger partial charge in [0.05, 0.1) is 6.61 Å². The van der Waals surface area contributed by atoms with Gasteiger partial charge in [-0.2, -0.15) is 0 Å². The minimum absolute atomic E-state index is 0.285. The smallest absolute Gasteiger partial charge is 0.237 e. The minimum atomic E-state index is -0.285. The Morgan fingerprint density at radius 1 is 1.30 bits per heavy atom. The maximum absolute atomic E-state index is 6.10. The molecule has 104 valence electrons. The normalized spacial score (nSPS) is 25.8. The van der Waals surface area contributed by atoms with Crippen LogP contribution in [0.25, 0.3) is 0 Å². The molecule has 0 radical (unpaired) electrons. The second-order valence-corrected chi connectivity index (χ2v) is 6.21. The third-order valence-electron chi connectivity index (χ3n) is 4.60. The molecule has 20 heavy (non-hydrogen) atoms. The summed E-state index contributed by atoms with van der Waals surface area (Å²) in [7, 11) is 0. The topological polar surface area (TPSA) is 47.1 Å². The fourth-order valence-electron chi connectivity index (χ4n) is 3.50. The van der Waals surface area contributed by atoms with Crippen LogP contribution in [0.5, 0.6) is 11.6 Å². The summed E-state index contributed by atoms with van der Waals surface area (Å²) in [5, 5.41) is 7.39. The van der Waals surface area contributed by atoms with Gasteiger partial charge in [-0.3, -0.25) is 5.10 Å². The average molecular weight is 270 g/mol. The number of aromatic amines is 1. The Balaban J connectivity index is 1.97. The largest absolute Gasteiger partial charge is 0.493 e. The highest BCUT2D eigenvalue weighted by Gasteiger charge is 2.49. The molecule has 3 heterocycles. The Hall–Kier alpha value is -1.97. The van der Waals surface area contributed by atoms with E-state index in [9.17, 15) is 0 Å². The van der Waals surface area contributed by atoms with Crippen molar-refractivity contribution in [2.24, 2.45) is 5.92 Å². The number of H-pyrrole nitrogens is 1. The highest BCUT2D eigenvalue weighted by atomic mass is 16.5. The summed E-state index contributed by atoms with van der Waals surface area (Å²) in [6.45, 7) is 6.98. The van der Waals surface area contributed by atoms with Crippen LogP contribution in [0.1, 0.15) is 36.6 Å². The number of benzene rings is 1. The first kappa shape index (κ1) is 11.8. The molecular weight excluding hydrogens is 252 g/mol. The molecule has 4 heteroatoms. The maximum Gasteiger partial charge on any atom is 0.237 e. The van der Waals surface area contributed by atoms with Gasteiger partial charge >= 0.3 is 0 Å². The Kier molecular flexibility index (Phi) is 2.23. The fraction of sp³-hybridized carbons (Fsp3) is 0.438. The van der Waals surface area contributed by atoms with Gasteiger partial charge in [-0.05, 0) is 26.8 Å². The quantitative estimate of drug-likeness (QED) is 0.800. The number of rotatable bonds is 0. The second-order valence-electron chi connectivity index (χ2n) is 6.21. The first-order chi connectivity index (χ1) is 9.58. The second kappa shape index (κ2) is 3.78. The van der Waals surface area contributed by atoms with E-state index in [1.54, 1.807) is 0 Å². The number of nitrogens with zero attached hydrogens (tertiary/aromatic N) is 1. The van der Waals surface area contributed by atoms with E-state index in [-0.39, 0.29) is 11.5 Å². The summed E-state index contributed by atoms with van der Waals surface area (Å²) < 4.78 is 12.1. The van der Waals surface area contributed by atoms with Gasteiger partial charge in [0.15, 0.2) is 0 Å². The molecule has 0 bridgehead atoms. The zero-order valence-corrected chi connectivity index (χ0v) is 11.9. The summed E-state index contributed by atoms with van der Waals surface area (Å²) in [6, 6.07) is 8.29. The maximum atomic E-state index is 6.10. The third kappa shape index (κ3) is 1.45. The Labute approximate surface area is 118 Å². The molecule has 2 aliphatic rings. The molecule has 4 nitrogen and oxygen atoms in total. The molecule has 1 aromatic heterocycles. The highest BCUT2D eigenvalue weighted by Crippen LogP contribution is 2.52. The van der Waals surface area contributed by atoms with E-state index < -0.39 is 0 Å². The van der Waals surface area contributed by atoms with Crippen LogP contribution in [0, 0.1) is 12.8 Å². The number of ether oxygens (including phenoxy) is 2. The average Bonchev–Trinajstić information content (AvgIpc) is 2.78. The molecule has 2 aliphatic heterocycles. The van der Waals surface area contributed by atoms with Crippen LogP contribution in [0.3, 0.4) is 0 Å². The number of aromatic nitrogens is 2. The number of nitrogens with one attached hydrogen (secondary N) is 1. The lowest BCUT2D eigenvalue weighted by molar-refractivity contribution is -0.0168. The molecule has 0 spiro atoms. The lowest BCUT2D eigenvalue weighted by Gasteiger charge is -2.46. The van der Waals surface area contributed by atoms with Crippen LogP contribution in [0.2, 0.25) is 0 Å². The van der Waals surface area contributed by atoms with Crippen LogP contribution in [0.15, 0.2) is 24.3 Å². The van der Waals surface area contributed by atoms with Crippen LogP contribution < -0.4 is 9.47 Å². The van der Waals surface area contributed by atoms with Crippen molar-refractivity contribution in [1.29, 1.82) is 0 Å². The molecule has 4 rings (SSSR count). The van der Waals surface area contributed by atoms with Crippen molar-refractivity contribution in [1.82, 2.24) is 10.2 Å². The van der Waals surface area contributed by atoms with E-state index in [0.717, 1.165) is 17.3 Å².